The number of fused-ring (bicyclic) bond motifs is 2. The molecule has 1 heteroatoms. The van der Waals surface area contributed by atoms with Crippen molar-refractivity contribution in [2.45, 2.75) is 51.6 Å². The molecular weight excluding hydrogens is 155 g/mol. The highest BCUT2D eigenvalue weighted by Gasteiger charge is 2.45. The van der Waals surface area contributed by atoms with Gasteiger partial charge in [-0.05, 0) is 31.1 Å². The number of rotatable bonds is 0. The minimum Gasteiger partial charge on any atom is -0.0998 e. The van der Waals surface area contributed by atoms with Crippen molar-refractivity contribution in [2.75, 3.05) is 0 Å². The molecule has 0 aromatic heterocycles. The van der Waals surface area contributed by atoms with Gasteiger partial charge in [-0.25, -0.2) is 0 Å². The van der Waals surface area contributed by atoms with Crippen LogP contribution in [0.5, 0.6) is 0 Å². The van der Waals surface area contributed by atoms with Gasteiger partial charge in [-0.2, -0.15) is 0 Å². The number of allylic oxidation sites excluding steroid dienone is 1. The monoisotopic (exact) mass is 176 g/mol. The van der Waals surface area contributed by atoms with Gasteiger partial charge in [-0.1, -0.05) is 44.5 Å². The molecule has 72 valence electrons. The molecule has 2 fully saturated rings. The Morgan fingerprint density at radius 2 is 2.08 bits per heavy atom. The summed E-state index contributed by atoms with van der Waals surface area (Å²) < 4.78 is 0. The largest absolute Gasteiger partial charge is 0.143 e. The van der Waals surface area contributed by atoms with Crippen LogP contribution in [0.2, 0.25) is 18.5 Å². The molecule has 0 aromatic rings. The van der Waals surface area contributed by atoms with Gasteiger partial charge in [0.25, 0.3) is 0 Å². The predicted octanol–water partition coefficient (Wildman–Crippen LogP) is 3.88. The average molecular weight is 176 g/mol. The van der Waals surface area contributed by atoms with Crippen LogP contribution in [0.15, 0.2) is 12.2 Å². The number of hydrogen-bond acceptors (Lipinski definition) is 0. The summed E-state index contributed by atoms with van der Waals surface area (Å²) in [4.78, 5) is 0. The van der Waals surface area contributed by atoms with E-state index in [4.69, 9.17) is 0 Å². The highest BCUT2D eigenvalue weighted by Crippen LogP contribution is 2.54. The van der Waals surface area contributed by atoms with Crippen molar-refractivity contribution >= 4 is 6.71 Å². The summed E-state index contributed by atoms with van der Waals surface area (Å²) in [5, 5.41) is 0.555. The molecule has 1 heterocycles. The first-order valence-corrected chi connectivity index (χ1v) is 5.66. The van der Waals surface area contributed by atoms with E-state index in [-0.39, 0.29) is 0 Å². The van der Waals surface area contributed by atoms with Gasteiger partial charge in [-0.3, -0.25) is 0 Å². The minimum absolute atomic E-state index is 0.555. The molecule has 2 aliphatic rings. The fourth-order valence-electron chi connectivity index (χ4n) is 3.36. The molecule has 2 rings (SSSR count). The summed E-state index contributed by atoms with van der Waals surface area (Å²) in [5.74, 6) is 1.89. The third kappa shape index (κ3) is 1.47. The molecule has 1 saturated carbocycles. The van der Waals surface area contributed by atoms with Crippen molar-refractivity contribution in [2.24, 2.45) is 11.8 Å². The van der Waals surface area contributed by atoms with Crippen LogP contribution < -0.4 is 0 Å². The maximum atomic E-state index is 4.19. The van der Waals surface area contributed by atoms with Crippen LogP contribution in [0.3, 0.4) is 0 Å². The van der Waals surface area contributed by atoms with Gasteiger partial charge in [0.1, 0.15) is 6.71 Å². The maximum Gasteiger partial charge on any atom is 0.143 e. The molecule has 2 unspecified atom stereocenters. The quantitative estimate of drug-likeness (QED) is 0.388. The van der Waals surface area contributed by atoms with Crippen molar-refractivity contribution in [1.29, 1.82) is 0 Å². The zero-order valence-electron chi connectivity index (χ0n) is 9.27. The van der Waals surface area contributed by atoms with Crippen LogP contribution >= 0.6 is 0 Å². The molecule has 13 heavy (non-hydrogen) atoms. The second-order valence-electron chi connectivity index (χ2n) is 5.92. The van der Waals surface area contributed by atoms with Crippen molar-refractivity contribution in [3.05, 3.63) is 12.2 Å². The third-order valence-corrected chi connectivity index (χ3v) is 4.74. The summed E-state index contributed by atoms with van der Waals surface area (Å²) in [6, 6.07) is 0. The lowest BCUT2D eigenvalue weighted by Crippen LogP contribution is -2.42. The summed E-state index contributed by atoms with van der Waals surface area (Å²) in [5.41, 5.74) is 1.52. The van der Waals surface area contributed by atoms with Crippen LogP contribution in [-0.4, -0.2) is 6.71 Å². The molecule has 0 amide bonds. The van der Waals surface area contributed by atoms with E-state index in [0.29, 0.717) is 5.31 Å². The van der Waals surface area contributed by atoms with E-state index in [0.717, 1.165) is 18.5 Å². The second kappa shape index (κ2) is 2.90. The Labute approximate surface area is 82.9 Å². The molecule has 0 N–H and O–H groups in total. The van der Waals surface area contributed by atoms with Gasteiger partial charge < -0.3 is 0 Å². The van der Waals surface area contributed by atoms with Gasteiger partial charge in [0.05, 0.1) is 0 Å². The average Bonchev–Trinajstić information content (AvgIpc) is 2.00. The Hall–Kier alpha value is -0.195. The smallest absolute Gasteiger partial charge is 0.0998 e. The Morgan fingerprint density at radius 1 is 1.38 bits per heavy atom. The van der Waals surface area contributed by atoms with Crippen molar-refractivity contribution in [3.63, 3.8) is 0 Å². The zero-order chi connectivity index (χ0) is 9.64. The Balaban J connectivity index is 2.21. The van der Waals surface area contributed by atoms with Crippen LogP contribution in [0, 0.1) is 11.8 Å². The number of hydrogen-bond donors (Lipinski definition) is 0. The summed E-state index contributed by atoms with van der Waals surface area (Å²) in [7, 11) is 0. The normalized spacial score (nSPS) is 37.8. The third-order valence-electron chi connectivity index (χ3n) is 4.74. The highest BCUT2D eigenvalue weighted by atomic mass is 14.4. The van der Waals surface area contributed by atoms with E-state index in [1.807, 2.05) is 0 Å². The van der Waals surface area contributed by atoms with E-state index in [1.54, 1.807) is 0 Å². The first-order valence-electron chi connectivity index (χ1n) is 5.66. The summed E-state index contributed by atoms with van der Waals surface area (Å²) in [6.45, 7) is 12.4. The lowest BCUT2D eigenvalue weighted by molar-refractivity contribution is 0.249. The summed E-state index contributed by atoms with van der Waals surface area (Å²) in [6.07, 6.45) is 5.52. The Bertz CT molecular complexity index is 227. The van der Waals surface area contributed by atoms with E-state index in [2.05, 4.69) is 27.2 Å². The van der Waals surface area contributed by atoms with Crippen molar-refractivity contribution < 1.29 is 0 Å². The van der Waals surface area contributed by atoms with Crippen molar-refractivity contribution in [1.82, 2.24) is 0 Å². The van der Waals surface area contributed by atoms with E-state index >= 15 is 0 Å². The Kier molecular flexibility index (Phi) is 2.09. The van der Waals surface area contributed by atoms with Gasteiger partial charge in [0.15, 0.2) is 0 Å². The van der Waals surface area contributed by atoms with Crippen LogP contribution in [0.25, 0.3) is 0 Å². The van der Waals surface area contributed by atoms with E-state index in [9.17, 15) is 0 Å². The lowest BCUT2D eigenvalue weighted by Gasteiger charge is -2.49. The molecule has 0 nitrogen and oxygen atoms in total. The maximum absolute atomic E-state index is 4.19. The first kappa shape index (κ1) is 9.36. The molecule has 1 aliphatic carbocycles. The lowest BCUT2D eigenvalue weighted by atomic mass is 9.26. The first-order chi connectivity index (χ1) is 6.00. The van der Waals surface area contributed by atoms with Gasteiger partial charge >= 0.3 is 0 Å². The Morgan fingerprint density at radius 3 is 2.77 bits per heavy atom. The fourth-order valence-corrected chi connectivity index (χ4v) is 3.36. The minimum atomic E-state index is 0.555. The van der Waals surface area contributed by atoms with Gasteiger partial charge in [0.2, 0.25) is 0 Å². The van der Waals surface area contributed by atoms with E-state index < -0.39 is 0 Å². The molecule has 0 spiro atoms. The van der Waals surface area contributed by atoms with E-state index in [1.165, 1.54) is 31.2 Å². The van der Waals surface area contributed by atoms with Gasteiger partial charge in [0, 0.05) is 0 Å². The second-order valence-corrected chi connectivity index (χ2v) is 5.92. The topological polar surface area (TPSA) is 0 Å². The zero-order valence-corrected chi connectivity index (χ0v) is 9.27. The highest BCUT2D eigenvalue weighted by molar-refractivity contribution is 6.61. The molecule has 1 saturated heterocycles. The molecule has 0 radical (unpaired) electrons. The standard InChI is InChI=1S/C12H21B/c1-9-5-10-7-11(6-9)12(2,3)13(4)8-10/h10-11H,1,5-8H2,2-4H3. The fraction of sp³-hybridized carbons (Fsp3) is 0.833. The van der Waals surface area contributed by atoms with Crippen LogP contribution in [0.4, 0.5) is 0 Å². The predicted molar refractivity (Wildman–Crippen MR) is 60.4 cm³/mol. The molecule has 2 atom stereocenters. The molecule has 2 bridgehead atoms. The summed E-state index contributed by atoms with van der Waals surface area (Å²) >= 11 is 0. The van der Waals surface area contributed by atoms with Crippen molar-refractivity contribution in [3.8, 4) is 0 Å². The van der Waals surface area contributed by atoms with Crippen LogP contribution in [0.1, 0.15) is 33.1 Å². The molecule has 0 aromatic carbocycles. The SMILES string of the molecule is C=C1CC2CB(C)C(C)(C)C(C1)C2. The molecular formula is C12H21B. The molecule has 1 aliphatic heterocycles. The van der Waals surface area contributed by atoms with Crippen LogP contribution in [-0.2, 0) is 0 Å². The van der Waals surface area contributed by atoms with Gasteiger partial charge in [-0.15, -0.1) is 0 Å².